The van der Waals surface area contributed by atoms with Crippen LogP contribution in [0, 0.1) is 0 Å². The van der Waals surface area contributed by atoms with Crippen LogP contribution in [0.25, 0.3) is 0 Å². The van der Waals surface area contributed by atoms with Crippen LogP contribution in [-0.4, -0.2) is 38.4 Å². The third-order valence-corrected chi connectivity index (χ3v) is 0.506. The van der Waals surface area contributed by atoms with E-state index >= 15 is 0 Å². The van der Waals surface area contributed by atoms with E-state index in [0.717, 1.165) is 0 Å². The minimum Gasteiger partial charge on any atom is -0.351 e. The molecule has 0 aliphatic heterocycles. The quantitative estimate of drug-likeness (QED) is 0.580. The molecule has 0 atom stereocenters. The molecule has 0 spiro atoms. The molecule has 0 saturated carbocycles. The average molecular weight is 251 g/mol. The third-order valence-electron chi connectivity index (χ3n) is 0.506. The van der Waals surface area contributed by atoms with Gasteiger partial charge in [0.25, 0.3) is 0 Å². The molecule has 1 heterocycles. The van der Waals surface area contributed by atoms with Gasteiger partial charge in [-0.05, 0) is 0 Å². The van der Waals surface area contributed by atoms with E-state index in [2.05, 4.69) is 33.7 Å². The molecule has 0 aliphatic rings. The van der Waals surface area contributed by atoms with Gasteiger partial charge in [-0.25, -0.2) is 4.98 Å². The molecule has 0 aliphatic carbocycles. The first-order chi connectivity index (χ1) is 5.41. The molecule has 1 aromatic rings. The van der Waals surface area contributed by atoms with Gasteiger partial charge in [0, 0.05) is 12.4 Å². The molecule has 0 radical (unpaired) electrons. The Bertz CT molecular complexity index is 105. The molecule has 0 saturated heterocycles. The molecule has 4 nitrogen and oxygen atoms in total. The number of hydrogen-bond donors (Lipinski definition) is 3. The number of aromatic nitrogens is 2. The fourth-order valence-corrected chi connectivity index (χ4v) is 0.215. The standard InChI is InChI=1S/C3H4N2.C2H6O2.CH2.Pd/c1-2-5-3-4-1;3-1-2-4;;/h1-3H,(H,4,5);3-4H,1-2H2;1H2;. The van der Waals surface area contributed by atoms with Crippen LogP contribution in [0.4, 0.5) is 0 Å². The molecular formula is C6H12N2O2Pd. The summed E-state index contributed by atoms with van der Waals surface area (Å²) in [5.41, 5.74) is 0. The average Bonchev–Trinajstić information content (AvgIpc) is 2.65. The van der Waals surface area contributed by atoms with Crippen molar-refractivity contribution in [2.45, 2.75) is 0 Å². The van der Waals surface area contributed by atoms with Crippen molar-refractivity contribution in [2.75, 3.05) is 13.2 Å². The smallest absolute Gasteiger partial charge is 0.0919 e. The van der Waals surface area contributed by atoms with E-state index in [1.807, 2.05) is 0 Å². The van der Waals surface area contributed by atoms with Gasteiger partial charge in [0.1, 0.15) is 0 Å². The number of aliphatic hydroxyl groups excluding tert-OH is 2. The van der Waals surface area contributed by atoms with E-state index in [1.54, 1.807) is 18.7 Å². The zero-order chi connectivity index (χ0) is 8.95. The van der Waals surface area contributed by atoms with Crippen molar-refractivity contribution in [3.8, 4) is 0 Å². The van der Waals surface area contributed by atoms with Gasteiger partial charge in [0.2, 0.25) is 0 Å². The van der Waals surface area contributed by atoms with Crippen molar-refractivity contribution in [3.63, 3.8) is 0 Å². The number of nitrogens with one attached hydrogen (secondary N) is 1. The molecule has 3 N–H and O–H groups in total. The molecule has 0 unspecified atom stereocenters. The SMILES string of the molecule is OCCO.[CH2]=[Pd].c1c[nH]cn1. The number of aromatic amines is 1. The second kappa shape index (κ2) is 16.3. The van der Waals surface area contributed by atoms with Crippen molar-refractivity contribution >= 4 is 4.99 Å². The Labute approximate surface area is 76.2 Å². The molecule has 1 aromatic heterocycles. The maximum absolute atomic E-state index is 7.62. The van der Waals surface area contributed by atoms with Crippen molar-refractivity contribution in [1.82, 2.24) is 9.97 Å². The van der Waals surface area contributed by atoms with Gasteiger partial charge in [0.05, 0.1) is 19.5 Å². The Morgan fingerprint density at radius 2 is 1.91 bits per heavy atom. The van der Waals surface area contributed by atoms with Crippen LogP contribution < -0.4 is 0 Å². The summed E-state index contributed by atoms with van der Waals surface area (Å²) in [6.07, 6.45) is 5.08. The van der Waals surface area contributed by atoms with Gasteiger partial charge >= 0.3 is 23.7 Å². The molecule has 0 bridgehead atoms. The van der Waals surface area contributed by atoms with E-state index in [-0.39, 0.29) is 13.2 Å². The molecule has 0 aromatic carbocycles. The minimum absolute atomic E-state index is 0.125. The largest absolute Gasteiger partial charge is 0.351 e. The number of hydrogen-bond acceptors (Lipinski definition) is 3. The van der Waals surface area contributed by atoms with E-state index in [1.165, 1.54) is 0 Å². The Morgan fingerprint density at radius 1 is 1.36 bits per heavy atom. The Hall–Kier alpha value is -0.338. The predicted octanol–water partition coefficient (Wildman–Crippen LogP) is -0.654. The summed E-state index contributed by atoms with van der Waals surface area (Å²) in [6.45, 7) is -0.250. The molecule has 1 rings (SSSR count). The zero-order valence-corrected chi connectivity index (χ0v) is 7.57. The van der Waals surface area contributed by atoms with Crippen LogP contribution in [0.1, 0.15) is 0 Å². The summed E-state index contributed by atoms with van der Waals surface area (Å²) < 4.78 is 0. The first kappa shape index (κ1) is 13.3. The summed E-state index contributed by atoms with van der Waals surface area (Å²) in [5, 5.41) is 15.2. The van der Waals surface area contributed by atoms with Crippen LogP contribution in [0.15, 0.2) is 18.7 Å². The maximum Gasteiger partial charge on any atom is 0.0919 e. The van der Waals surface area contributed by atoms with E-state index in [4.69, 9.17) is 10.2 Å². The van der Waals surface area contributed by atoms with Gasteiger partial charge in [-0.3, -0.25) is 0 Å². The summed E-state index contributed by atoms with van der Waals surface area (Å²) >= 11 is 2.50. The van der Waals surface area contributed by atoms with Gasteiger partial charge < -0.3 is 15.2 Å². The molecule has 5 heteroatoms. The fourth-order valence-electron chi connectivity index (χ4n) is 0.215. The van der Waals surface area contributed by atoms with E-state index < -0.39 is 0 Å². The van der Waals surface area contributed by atoms with Gasteiger partial charge in [-0.2, -0.15) is 0 Å². The van der Waals surface area contributed by atoms with Crippen molar-refractivity contribution in [1.29, 1.82) is 0 Å². The fraction of sp³-hybridized carbons (Fsp3) is 0.333. The summed E-state index contributed by atoms with van der Waals surface area (Å²) in [7, 11) is 0. The predicted molar refractivity (Wildman–Crippen MR) is 39.9 cm³/mol. The van der Waals surface area contributed by atoms with Crippen molar-refractivity contribution in [3.05, 3.63) is 18.7 Å². The van der Waals surface area contributed by atoms with Crippen LogP contribution in [0.3, 0.4) is 0 Å². The molecule has 68 valence electrons. The number of rotatable bonds is 1. The maximum atomic E-state index is 7.62. The minimum atomic E-state index is -0.125. The third kappa shape index (κ3) is 17.7. The Morgan fingerprint density at radius 3 is 2.00 bits per heavy atom. The second-order valence-corrected chi connectivity index (χ2v) is 1.21. The molecule has 0 amide bonds. The van der Waals surface area contributed by atoms with Crippen LogP contribution in [-0.2, 0) is 18.7 Å². The van der Waals surface area contributed by atoms with Crippen molar-refractivity contribution < 1.29 is 29.0 Å². The number of nitrogens with zero attached hydrogens (tertiary/aromatic N) is 1. The second-order valence-electron chi connectivity index (χ2n) is 1.21. The zero-order valence-electron chi connectivity index (χ0n) is 6.01. The number of aliphatic hydroxyl groups is 2. The van der Waals surface area contributed by atoms with Crippen LogP contribution >= 0.6 is 0 Å². The van der Waals surface area contributed by atoms with Gasteiger partial charge in [0.15, 0.2) is 0 Å². The Kier molecular flexibility index (Phi) is 19.7. The summed E-state index contributed by atoms with van der Waals surface area (Å²) in [6, 6.07) is 0. The number of imidazole rings is 1. The normalized spacial score (nSPS) is 6.91. The molecular weight excluding hydrogens is 238 g/mol. The molecule has 0 fully saturated rings. The summed E-state index contributed by atoms with van der Waals surface area (Å²) in [4.78, 5) is 9.52. The van der Waals surface area contributed by atoms with Gasteiger partial charge in [-0.1, -0.05) is 0 Å². The van der Waals surface area contributed by atoms with Crippen molar-refractivity contribution in [2.24, 2.45) is 0 Å². The topological polar surface area (TPSA) is 69.1 Å². The van der Waals surface area contributed by atoms with Crippen LogP contribution in [0.2, 0.25) is 0 Å². The number of H-pyrrole nitrogens is 1. The van der Waals surface area contributed by atoms with Gasteiger partial charge in [-0.15, -0.1) is 0 Å². The molecule has 11 heavy (non-hydrogen) atoms. The first-order valence-corrected chi connectivity index (χ1v) is 3.88. The van der Waals surface area contributed by atoms with E-state index in [0.29, 0.717) is 0 Å². The Balaban J connectivity index is 0. The van der Waals surface area contributed by atoms with E-state index in [9.17, 15) is 0 Å². The summed E-state index contributed by atoms with van der Waals surface area (Å²) in [5.74, 6) is 0. The monoisotopic (exact) mass is 250 g/mol. The first-order valence-electron chi connectivity index (χ1n) is 2.78. The van der Waals surface area contributed by atoms with Crippen LogP contribution in [0.5, 0.6) is 0 Å².